The molecule has 3 nitrogen and oxygen atoms in total. The molecule has 0 fully saturated rings. The molecule has 0 bridgehead atoms. The van der Waals surface area contributed by atoms with Crippen molar-refractivity contribution in [1.82, 2.24) is 0 Å². The van der Waals surface area contributed by atoms with Crippen LogP contribution >= 0.6 is 0 Å². The van der Waals surface area contributed by atoms with E-state index in [2.05, 4.69) is 122 Å². The molecule has 0 atom stereocenters. The van der Waals surface area contributed by atoms with Gasteiger partial charge in [-0.3, -0.25) is 0 Å². The summed E-state index contributed by atoms with van der Waals surface area (Å²) >= 11 is 0. The van der Waals surface area contributed by atoms with Gasteiger partial charge in [-0.1, -0.05) is 66.7 Å². The van der Waals surface area contributed by atoms with E-state index in [1.54, 1.807) is 7.11 Å². The van der Waals surface area contributed by atoms with E-state index in [4.69, 9.17) is 9.47 Å². The Morgan fingerprint density at radius 3 is 2.00 bits per heavy atom. The van der Waals surface area contributed by atoms with E-state index in [0.29, 0.717) is 0 Å². The van der Waals surface area contributed by atoms with Gasteiger partial charge in [-0.05, 0) is 86.0 Å². The third kappa shape index (κ3) is 5.06. The molecule has 1 heterocycles. The fraction of sp³-hybridized carbons (Fsp3) is 0.152. The zero-order chi connectivity index (χ0) is 25.0. The minimum atomic E-state index is -0.336. The molecule has 36 heavy (non-hydrogen) atoms. The fourth-order valence-electron chi connectivity index (χ4n) is 4.48. The molecule has 180 valence electrons. The molecule has 5 rings (SSSR count). The highest BCUT2D eigenvalue weighted by Gasteiger charge is 2.25. The average molecular weight is 474 g/mol. The number of para-hydroxylation sites is 2. The van der Waals surface area contributed by atoms with Crippen LogP contribution in [0, 0.1) is 0 Å². The SMILES string of the molecule is COc1ccc(CC=Cc2ccc(N(c3ccccc3)c3ccccc3)cc2)c2c1C=CC(C)(C)O2. The number of fused-ring (bicyclic) bond motifs is 1. The van der Waals surface area contributed by atoms with E-state index in [-0.39, 0.29) is 5.60 Å². The first-order valence-electron chi connectivity index (χ1n) is 12.3. The summed E-state index contributed by atoms with van der Waals surface area (Å²) in [5.74, 6) is 1.74. The molecular formula is C33H31NO2. The van der Waals surface area contributed by atoms with Crippen LogP contribution in [0.1, 0.15) is 30.5 Å². The lowest BCUT2D eigenvalue weighted by Crippen LogP contribution is -2.28. The van der Waals surface area contributed by atoms with E-state index < -0.39 is 0 Å². The van der Waals surface area contributed by atoms with E-state index in [9.17, 15) is 0 Å². The number of hydrogen-bond acceptors (Lipinski definition) is 3. The molecule has 0 spiro atoms. The van der Waals surface area contributed by atoms with Gasteiger partial charge in [0.1, 0.15) is 17.1 Å². The topological polar surface area (TPSA) is 21.7 Å². The van der Waals surface area contributed by atoms with Crippen molar-refractivity contribution in [3.05, 3.63) is 126 Å². The van der Waals surface area contributed by atoms with Gasteiger partial charge in [0.2, 0.25) is 0 Å². The number of methoxy groups -OCH3 is 1. The van der Waals surface area contributed by atoms with Gasteiger partial charge in [-0.15, -0.1) is 0 Å². The zero-order valence-electron chi connectivity index (χ0n) is 21.0. The van der Waals surface area contributed by atoms with Gasteiger partial charge in [0, 0.05) is 17.1 Å². The van der Waals surface area contributed by atoms with Crippen LogP contribution in [-0.2, 0) is 6.42 Å². The summed E-state index contributed by atoms with van der Waals surface area (Å²) in [5, 5.41) is 0. The summed E-state index contributed by atoms with van der Waals surface area (Å²) in [4.78, 5) is 2.27. The molecular weight excluding hydrogens is 442 g/mol. The standard InChI is InChI=1S/C33H31NO2/c1-33(2)24-23-30-31(35-3)22-19-26(32(30)36-33)12-10-11-25-17-20-29(21-18-25)34(27-13-6-4-7-14-27)28-15-8-5-9-16-28/h4-11,13-24H,12H2,1-3H3. The molecule has 0 radical (unpaired) electrons. The number of allylic oxidation sites excluding steroid dienone is 1. The average Bonchev–Trinajstić information content (AvgIpc) is 2.90. The van der Waals surface area contributed by atoms with E-state index >= 15 is 0 Å². The van der Waals surface area contributed by atoms with Crippen molar-refractivity contribution >= 4 is 29.2 Å². The summed E-state index contributed by atoms with van der Waals surface area (Å²) in [6.07, 6.45) is 9.32. The van der Waals surface area contributed by atoms with Gasteiger partial charge in [-0.2, -0.15) is 0 Å². The highest BCUT2D eigenvalue weighted by molar-refractivity contribution is 5.77. The molecule has 0 unspecified atom stereocenters. The van der Waals surface area contributed by atoms with Crippen LogP contribution in [-0.4, -0.2) is 12.7 Å². The Labute approximate surface area is 213 Å². The first kappa shape index (κ1) is 23.5. The van der Waals surface area contributed by atoms with Gasteiger partial charge < -0.3 is 14.4 Å². The number of anilines is 3. The highest BCUT2D eigenvalue weighted by atomic mass is 16.5. The lowest BCUT2D eigenvalue weighted by Gasteiger charge is -2.30. The number of nitrogens with zero attached hydrogens (tertiary/aromatic N) is 1. The maximum Gasteiger partial charge on any atom is 0.135 e. The molecule has 0 saturated carbocycles. The zero-order valence-corrected chi connectivity index (χ0v) is 21.0. The van der Waals surface area contributed by atoms with Crippen molar-refractivity contribution in [3.63, 3.8) is 0 Å². The Morgan fingerprint density at radius 2 is 1.39 bits per heavy atom. The Balaban J connectivity index is 1.37. The Bertz CT molecular complexity index is 1330. The molecule has 0 amide bonds. The van der Waals surface area contributed by atoms with Crippen molar-refractivity contribution in [3.8, 4) is 11.5 Å². The second-order valence-corrected chi connectivity index (χ2v) is 9.41. The van der Waals surface area contributed by atoms with Crippen LogP contribution < -0.4 is 14.4 Å². The quantitative estimate of drug-likeness (QED) is 0.268. The van der Waals surface area contributed by atoms with E-state index in [1.807, 2.05) is 18.2 Å². The van der Waals surface area contributed by atoms with Crippen molar-refractivity contribution in [2.45, 2.75) is 25.9 Å². The molecule has 0 N–H and O–H groups in total. The minimum Gasteiger partial charge on any atom is -0.496 e. The highest BCUT2D eigenvalue weighted by Crippen LogP contribution is 2.40. The van der Waals surface area contributed by atoms with Crippen molar-refractivity contribution in [2.24, 2.45) is 0 Å². The van der Waals surface area contributed by atoms with Gasteiger partial charge in [0.25, 0.3) is 0 Å². The molecule has 0 aromatic heterocycles. The van der Waals surface area contributed by atoms with Crippen LogP contribution in [0.4, 0.5) is 17.1 Å². The predicted molar refractivity (Wildman–Crippen MR) is 151 cm³/mol. The van der Waals surface area contributed by atoms with Crippen molar-refractivity contribution in [1.29, 1.82) is 0 Å². The Morgan fingerprint density at radius 1 is 0.778 bits per heavy atom. The van der Waals surface area contributed by atoms with Crippen molar-refractivity contribution < 1.29 is 9.47 Å². The Hall–Kier alpha value is -4.24. The number of benzene rings is 4. The molecule has 1 aliphatic heterocycles. The van der Waals surface area contributed by atoms with Crippen molar-refractivity contribution in [2.75, 3.05) is 12.0 Å². The van der Waals surface area contributed by atoms with Crippen LogP contribution in [0.3, 0.4) is 0 Å². The maximum absolute atomic E-state index is 6.32. The molecule has 4 aromatic rings. The monoisotopic (exact) mass is 473 g/mol. The second-order valence-electron chi connectivity index (χ2n) is 9.41. The molecule has 0 aliphatic carbocycles. The molecule has 3 heteroatoms. The number of hydrogen-bond donors (Lipinski definition) is 0. The van der Waals surface area contributed by atoms with Crippen LogP contribution in [0.2, 0.25) is 0 Å². The molecule has 4 aromatic carbocycles. The smallest absolute Gasteiger partial charge is 0.135 e. The number of ether oxygens (including phenoxy) is 2. The summed E-state index contributed by atoms with van der Waals surface area (Å²) in [5.41, 5.74) is 6.36. The molecule has 0 saturated heterocycles. The summed E-state index contributed by atoms with van der Waals surface area (Å²) < 4.78 is 11.9. The summed E-state index contributed by atoms with van der Waals surface area (Å²) in [6, 6.07) is 33.7. The summed E-state index contributed by atoms with van der Waals surface area (Å²) in [6.45, 7) is 4.14. The van der Waals surface area contributed by atoms with Gasteiger partial charge >= 0.3 is 0 Å². The lowest BCUT2D eigenvalue weighted by molar-refractivity contribution is 0.156. The largest absolute Gasteiger partial charge is 0.496 e. The van der Waals surface area contributed by atoms with E-state index in [1.165, 1.54) is 0 Å². The van der Waals surface area contributed by atoms with E-state index in [0.717, 1.165) is 51.7 Å². The Kier molecular flexibility index (Phi) is 6.64. The van der Waals surface area contributed by atoms with Gasteiger partial charge in [0.15, 0.2) is 0 Å². The van der Waals surface area contributed by atoms with Crippen LogP contribution in [0.15, 0.2) is 109 Å². The third-order valence-electron chi connectivity index (χ3n) is 6.30. The van der Waals surface area contributed by atoms with Crippen LogP contribution in [0.5, 0.6) is 11.5 Å². The minimum absolute atomic E-state index is 0.336. The second kappa shape index (κ2) is 10.2. The van der Waals surface area contributed by atoms with Crippen LogP contribution in [0.25, 0.3) is 12.2 Å². The normalized spacial score (nSPS) is 13.8. The van der Waals surface area contributed by atoms with Gasteiger partial charge in [0.05, 0.1) is 12.7 Å². The fourth-order valence-corrected chi connectivity index (χ4v) is 4.48. The predicted octanol–water partition coefficient (Wildman–Crippen LogP) is 8.61. The number of rotatable bonds is 7. The maximum atomic E-state index is 6.32. The first-order valence-corrected chi connectivity index (χ1v) is 12.3. The van der Waals surface area contributed by atoms with Gasteiger partial charge in [-0.25, -0.2) is 0 Å². The third-order valence-corrected chi connectivity index (χ3v) is 6.30. The molecule has 1 aliphatic rings. The lowest BCUT2D eigenvalue weighted by atomic mass is 9.97. The summed E-state index contributed by atoms with van der Waals surface area (Å²) in [7, 11) is 1.70. The first-order chi connectivity index (χ1) is 17.5.